The molecule has 17 heavy (non-hydrogen) atoms. The van der Waals surface area contributed by atoms with Crippen molar-refractivity contribution in [2.75, 3.05) is 11.9 Å². The summed E-state index contributed by atoms with van der Waals surface area (Å²) in [6.45, 7) is 0.984. The van der Waals surface area contributed by atoms with E-state index in [4.69, 9.17) is 0 Å². The van der Waals surface area contributed by atoms with Crippen LogP contribution in [0.1, 0.15) is 44.1 Å². The number of hydrogen-bond donors (Lipinski definition) is 1. The SMILES string of the molecule is c1cc(NC2CCC2)ncc1C1=NCCCC1. The smallest absolute Gasteiger partial charge is 0.126 e. The maximum Gasteiger partial charge on any atom is 0.126 e. The molecule has 0 bridgehead atoms. The third-order valence-electron chi connectivity index (χ3n) is 3.68. The first kappa shape index (κ1) is 10.8. The fourth-order valence-corrected chi connectivity index (χ4v) is 2.34. The zero-order valence-corrected chi connectivity index (χ0v) is 10.2. The van der Waals surface area contributed by atoms with Crippen molar-refractivity contribution >= 4 is 11.5 Å². The largest absolute Gasteiger partial charge is 0.367 e. The third kappa shape index (κ3) is 2.48. The molecule has 1 saturated carbocycles. The first-order valence-corrected chi connectivity index (χ1v) is 6.68. The Morgan fingerprint density at radius 3 is 2.65 bits per heavy atom. The van der Waals surface area contributed by atoms with Gasteiger partial charge in [0, 0.05) is 30.1 Å². The molecule has 0 atom stereocenters. The molecule has 0 saturated heterocycles. The van der Waals surface area contributed by atoms with Crippen LogP contribution in [0.3, 0.4) is 0 Å². The molecule has 0 amide bonds. The maximum atomic E-state index is 4.57. The zero-order chi connectivity index (χ0) is 11.5. The lowest BCUT2D eigenvalue weighted by Gasteiger charge is -2.26. The van der Waals surface area contributed by atoms with Gasteiger partial charge >= 0.3 is 0 Å². The summed E-state index contributed by atoms with van der Waals surface area (Å²) in [5.74, 6) is 1.01. The van der Waals surface area contributed by atoms with Gasteiger partial charge in [0.1, 0.15) is 5.82 Å². The Balaban J connectivity index is 1.68. The van der Waals surface area contributed by atoms with Gasteiger partial charge in [-0.25, -0.2) is 4.98 Å². The monoisotopic (exact) mass is 229 g/mol. The topological polar surface area (TPSA) is 37.3 Å². The first-order valence-electron chi connectivity index (χ1n) is 6.68. The Bertz CT molecular complexity index is 404. The van der Waals surface area contributed by atoms with E-state index in [2.05, 4.69) is 27.4 Å². The first-order chi connectivity index (χ1) is 8.42. The molecule has 1 aromatic heterocycles. The standard InChI is InChI=1S/C14H19N3/c1-2-9-15-13(6-1)11-7-8-14(16-10-11)17-12-4-3-5-12/h7-8,10,12H,1-6,9H2,(H,16,17). The molecule has 90 valence electrons. The highest BCUT2D eigenvalue weighted by atomic mass is 15.0. The Labute approximate surface area is 102 Å². The van der Waals surface area contributed by atoms with Gasteiger partial charge in [-0.05, 0) is 50.7 Å². The number of hydrogen-bond acceptors (Lipinski definition) is 3. The van der Waals surface area contributed by atoms with Crippen LogP contribution in [0.25, 0.3) is 0 Å². The number of nitrogens with zero attached hydrogens (tertiary/aromatic N) is 2. The van der Waals surface area contributed by atoms with Crippen molar-refractivity contribution in [3.63, 3.8) is 0 Å². The molecule has 3 nitrogen and oxygen atoms in total. The minimum absolute atomic E-state index is 0.653. The number of pyridine rings is 1. The number of aliphatic imine (C=N–C) groups is 1. The quantitative estimate of drug-likeness (QED) is 0.865. The molecule has 3 rings (SSSR count). The van der Waals surface area contributed by atoms with E-state index in [1.165, 1.54) is 43.4 Å². The lowest BCUT2D eigenvalue weighted by atomic mass is 9.93. The van der Waals surface area contributed by atoms with E-state index in [1.807, 2.05) is 6.20 Å². The van der Waals surface area contributed by atoms with Crippen LogP contribution in [-0.2, 0) is 0 Å². The van der Waals surface area contributed by atoms with Gasteiger partial charge in [-0.3, -0.25) is 4.99 Å². The maximum absolute atomic E-state index is 4.57. The van der Waals surface area contributed by atoms with Gasteiger partial charge in [0.05, 0.1) is 0 Å². The number of aromatic nitrogens is 1. The van der Waals surface area contributed by atoms with Crippen molar-refractivity contribution < 1.29 is 0 Å². The minimum atomic E-state index is 0.653. The number of nitrogens with one attached hydrogen (secondary N) is 1. The van der Waals surface area contributed by atoms with Crippen LogP contribution in [0.2, 0.25) is 0 Å². The van der Waals surface area contributed by atoms with Gasteiger partial charge in [-0.1, -0.05) is 0 Å². The molecule has 0 radical (unpaired) electrons. The fraction of sp³-hybridized carbons (Fsp3) is 0.571. The predicted octanol–water partition coefficient (Wildman–Crippen LogP) is 3.02. The van der Waals surface area contributed by atoms with E-state index >= 15 is 0 Å². The summed E-state index contributed by atoms with van der Waals surface area (Å²) in [6, 6.07) is 4.89. The van der Waals surface area contributed by atoms with Gasteiger partial charge in [-0.15, -0.1) is 0 Å². The fourth-order valence-electron chi connectivity index (χ4n) is 2.34. The third-order valence-corrected chi connectivity index (χ3v) is 3.68. The van der Waals surface area contributed by atoms with E-state index in [0.29, 0.717) is 6.04 Å². The van der Waals surface area contributed by atoms with Crippen LogP contribution in [0, 0.1) is 0 Å². The van der Waals surface area contributed by atoms with Crippen LogP contribution in [0.15, 0.2) is 23.3 Å². The molecular weight excluding hydrogens is 210 g/mol. The highest BCUT2D eigenvalue weighted by molar-refractivity contribution is 6.00. The Morgan fingerprint density at radius 2 is 2.06 bits per heavy atom. The van der Waals surface area contributed by atoms with Crippen LogP contribution in [0.5, 0.6) is 0 Å². The van der Waals surface area contributed by atoms with Crippen LogP contribution < -0.4 is 5.32 Å². The molecule has 0 unspecified atom stereocenters. The van der Waals surface area contributed by atoms with Gasteiger partial charge < -0.3 is 5.32 Å². The summed E-state index contributed by atoms with van der Waals surface area (Å²) in [6.07, 6.45) is 9.50. The molecule has 1 aromatic rings. The second-order valence-corrected chi connectivity index (χ2v) is 4.99. The van der Waals surface area contributed by atoms with Crippen LogP contribution in [0.4, 0.5) is 5.82 Å². The van der Waals surface area contributed by atoms with Crippen LogP contribution >= 0.6 is 0 Å². The summed E-state index contributed by atoms with van der Waals surface area (Å²) in [4.78, 5) is 9.06. The van der Waals surface area contributed by atoms with Gasteiger partial charge in [0.2, 0.25) is 0 Å². The molecule has 1 aliphatic carbocycles. The second-order valence-electron chi connectivity index (χ2n) is 4.99. The number of anilines is 1. The molecular formula is C14H19N3. The molecule has 2 heterocycles. The van der Waals surface area contributed by atoms with Crippen molar-refractivity contribution in [3.8, 4) is 0 Å². The normalized spacial score (nSPS) is 20.6. The van der Waals surface area contributed by atoms with E-state index < -0.39 is 0 Å². The van der Waals surface area contributed by atoms with Crippen LogP contribution in [-0.4, -0.2) is 23.3 Å². The molecule has 3 heteroatoms. The van der Waals surface area contributed by atoms with Gasteiger partial charge in [-0.2, -0.15) is 0 Å². The Morgan fingerprint density at radius 1 is 1.12 bits per heavy atom. The Hall–Kier alpha value is -1.38. The zero-order valence-electron chi connectivity index (χ0n) is 10.2. The van der Waals surface area contributed by atoms with Crippen molar-refractivity contribution in [1.29, 1.82) is 0 Å². The number of rotatable bonds is 3. The molecule has 2 aliphatic rings. The minimum Gasteiger partial charge on any atom is -0.367 e. The summed E-state index contributed by atoms with van der Waals surface area (Å²) < 4.78 is 0. The molecule has 1 N–H and O–H groups in total. The summed E-state index contributed by atoms with van der Waals surface area (Å²) in [7, 11) is 0. The summed E-state index contributed by atoms with van der Waals surface area (Å²) in [5.41, 5.74) is 2.43. The lowest BCUT2D eigenvalue weighted by molar-refractivity contribution is 0.444. The predicted molar refractivity (Wildman–Crippen MR) is 70.8 cm³/mol. The highest BCUT2D eigenvalue weighted by Crippen LogP contribution is 2.22. The van der Waals surface area contributed by atoms with Crippen molar-refractivity contribution in [2.45, 2.75) is 44.6 Å². The summed E-state index contributed by atoms with van der Waals surface area (Å²) in [5, 5.41) is 3.46. The van der Waals surface area contributed by atoms with Gasteiger partial charge in [0.25, 0.3) is 0 Å². The summed E-state index contributed by atoms with van der Waals surface area (Å²) >= 11 is 0. The average molecular weight is 229 g/mol. The Kier molecular flexibility index (Phi) is 3.08. The van der Waals surface area contributed by atoms with E-state index in [9.17, 15) is 0 Å². The molecule has 1 fully saturated rings. The molecule has 1 aliphatic heterocycles. The second kappa shape index (κ2) is 4.86. The van der Waals surface area contributed by atoms with Crippen molar-refractivity contribution in [1.82, 2.24) is 4.98 Å². The van der Waals surface area contributed by atoms with Crippen molar-refractivity contribution in [2.24, 2.45) is 4.99 Å². The average Bonchev–Trinajstić information content (AvgIpc) is 2.36. The van der Waals surface area contributed by atoms with E-state index in [1.54, 1.807) is 0 Å². The highest BCUT2D eigenvalue weighted by Gasteiger charge is 2.17. The lowest BCUT2D eigenvalue weighted by Crippen LogP contribution is -2.27. The van der Waals surface area contributed by atoms with Gasteiger partial charge in [0.15, 0.2) is 0 Å². The molecule has 0 aromatic carbocycles. The van der Waals surface area contributed by atoms with E-state index in [0.717, 1.165) is 18.8 Å². The molecule has 0 spiro atoms. The van der Waals surface area contributed by atoms with E-state index in [-0.39, 0.29) is 0 Å². The van der Waals surface area contributed by atoms with Crippen molar-refractivity contribution in [3.05, 3.63) is 23.9 Å².